The van der Waals surface area contributed by atoms with Crippen LogP contribution in [0.25, 0.3) is 0 Å². The van der Waals surface area contributed by atoms with Crippen molar-refractivity contribution in [3.8, 4) is 0 Å². The van der Waals surface area contributed by atoms with Crippen LogP contribution in [0, 0.1) is 0 Å². The first-order valence-electron chi connectivity index (χ1n) is 7.20. The van der Waals surface area contributed by atoms with E-state index in [-0.39, 0.29) is 12.5 Å². The summed E-state index contributed by atoms with van der Waals surface area (Å²) in [6.45, 7) is 2.28. The molecule has 0 aliphatic rings. The van der Waals surface area contributed by atoms with Crippen molar-refractivity contribution in [2.24, 2.45) is 0 Å². The predicted octanol–water partition coefficient (Wildman–Crippen LogP) is 4.47. The molecular weight excluding hydrogens is 264 g/mol. The van der Waals surface area contributed by atoms with Gasteiger partial charge in [-0.2, -0.15) is 0 Å². The van der Waals surface area contributed by atoms with Gasteiger partial charge in [0.1, 0.15) is 6.61 Å². The summed E-state index contributed by atoms with van der Waals surface area (Å²) in [4.78, 5) is 10.8. The minimum absolute atomic E-state index is 0.0648. The molecule has 0 saturated carbocycles. The Kier molecular flexibility index (Phi) is 5.38. The van der Waals surface area contributed by atoms with Gasteiger partial charge in [-0.15, -0.1) is 0 Å². The van der Waals surface area contributed by atoms with Gasteiger partial charge in [-0.1, -0.05) is 67.9 Å². The summed E-state index contributed by atoms with van der Waals surface area (Å²) in [6.07, 6.45) is 0.800. The molecule has 1 atom stereocenters. The molecule has 1 unspecified atom stereocenters. The van der Waals surface area contributed by atoms with E-state index in [9.17, 15) is 4.79 Å². The van der Waals surface area contributed by atoms with Crippen LogP contribution in [0.2, 0.25) is 0 Å². The van der Waals surface area contributed by atoms with E-state index in [1.807, 2.05) is 42.5 Å². The lowest BCUT2D eigenvalue weighted by Gasteiger charge is -2.20. The average Bonchev–Trinajstić information content (AvgIpc) is 2.50. The first-order valence-corrected chi connectivity index (χ1v) is 7.20. The van der Waals surface area contributed by atoms with Crippen LogP contribution >= 0.6 is 0 Å². The highest BCUT2D eigenvalue weighted by molar-refractivity contribution is 5.57. The highest BCUT2D eigenvalue weighted by Gasteiger charge is 2.18. The second kappa shape index (κ2) is 7.48. The number of carboxylic acid groups (broad SMARTS) is 1. The maximum Gasteiger partial charge on any atom is 0.505 e. The summed E-state index contributed by atoms with van der Waals surface area (Å²) >= 11 is 0. The molecule has 0 bridgehead atoms. The van der Waals surface area contributed by atoms with Crippen LogP contribution < -0.4 is 0 Å². The van der Waals surface area contributed by atoms with Crippen LogP contribution in [-0.2, 0) is 11.2 Å². The fourth-order valence-electron chi connectivity index (χ4n) is 2.58. The molecular formula is C18H20O3. The van der Waals surface area contributed by atoms with E-state index in [2.05, 4.69) is 19.1 Å². The average molecular weight is 284 g/mol. The molecule has 0 heterocycles. The molecule has 2 rings (SSSR count). The number of carbonyl (C=O) groups is 1. The SMILES string of the molecule is CCCc1ccccc1C(COC(=O)O)c1ccccc1. The van der Waals surface area contributed by atoms with Crippen molar-refractivity contribution in [1.82, 2.24) is 0 Å². The van der Waals surface area contributed by atoms with E-state index in [1.54, 1.807) is 0 Å². The van der Waals surface area contributed by atoms with Gasteiger partial charge in [-0.05, 0) is 23.1 Å². The molecule has 0 radical (unpaired) electrons. The lowest BCUT2D eigenvalue weighted by molar-refractivity contribution is 0.0888. The standard InChI is InChI=1S/C18H20O3/c1-2-8-14-11-6-7-12-16(14)17(13-21-18(19)20)15-9-4-3-5-10-15/h3-7,9-12,17H,2,8,13H2,1H3,(H,19,20). The van der Waals surface area contributed by atoms with Crippen molar-refractivity contribution in [1.29, 1.82) is 0 Å². The molecule has 1 N–H and O–H groups in total. The molecule has 2 aromatic carbocycles. The third kappa shape index (κ3) is 4.09. The van der Waals surface area contributed by atoms with Gasteiger partial charge < -0.3 is 9.84 Å². The Hall–Kier alpha value is -2.29. The Morgan fingerprint density at radius 1 is 1.10 bits per heavy atom. The lowest BCUT2D eigenvalue weighted by atomic mass is 9.87. The molecule has 0 aromatic heterocycles. The number of hydrogen-bond donors (Lipinski definition) is 1. The van der Waals surface area contributed by atoms with Crippen molar-refractivity contribution in [2.45, 2.75) is 25.7 Å². The van der Waals surface area contributed by atoms with Crippen molar-refractivity contribution >= 4 is 6.16 Å². The van der Waals surface area contributed by atoms with Gasteiger partial charge in [-0.25, -0.2) is 4.79 Å². The van der Waals surface area contributed by atoms with Crippen LogP contribution in [0.1, 0.15) is 36.0 Å². The van der Waals surface area contributed by atoms with E-state index in [4.69, 9.17) is 9.84 Å². The van der Waals surface area contributed by atoms with E-state index in [1.165, 1.54) is 5.56 Å². The number of ether oxygens (including phenoxy) is 1. The Morgan fingerprint density at radius 2 is 1.76 bits per heavy atom. The number of aryl methyl sites for hydroxylation is 1. The quantitative estimate of drug-likeness (QED) is 0.796. The van der Waals surface area contributed by atoms with Gasteiger partial charge in [-0.3, -0.25) is 0 Å². The summed E-state index contributed by atoms with van der Waals surface area (Å²) in [5, 5.41) is 8.81. The second-order valence-electron chi connectivity index (χ2n) is 4.99. The van der Waals surface area contributed by atoms with E-state index >= 15 is 0 Å². The highest BCUT2D eigenvalue weighted by Crippen LogP contribution is 2.28. The zero-order valence-corrected chi connectivity index (χ0v) is 12.2. The van der Waals surface area contributed by atoms with Gasteiger partial charge in [0.25, 0.3) is 0 Å². The molecule has 3 heteroatoms. The molecule has 2 aromatic rings. The Bertz CT molecular complexity index is 578. The summed E-state index contributed by atoms with van der Waals surface area (Å²) in [7, 11) is 0. The van der Waals surface area contributed by atoms with Crippen molar-refractivity contribution in [2.75, 3.05) is 6.61 Å². The molecule has 110 valence electrons. The van der Waals surface area contributed by atoms with Crippen molar-refractivity contribution in [3.63, 3.8) is 0 Å². The van der Waals surface area contributed by atoms with Gasteiger partial charge in [0, 0.05) is 5.92 Å². The summed E-state index contributed by atoms with van der Waals surface area (Å²) in [5.74, 6) is -0.0648. The van der Waals surface area contributed by atoms with Gasteiger partial charge in [0.2, 0.25) is 0 Å². The maximum atomic E-state index is 10.8. The third-order valence-corrected chi connectivity index (χ3v) is 3.53. The normalized spacial score (nSPS) is 11.9. The van der Waals surface area contributed by atoms with E-state index in [0.29, 0.717) is 0 Å². The molecule has 0 fully saturated rings. The lowest BCUT2D eigenvalue weighted by Crippen LogP contribution is -2.14. The summed E-state index contributed by atoms with van der Waals surface area (Å²) in [6, 6.07) is 18.1. The Morgan fingerprint density at radius 3 is 2.43 bits per heavy atom. The summed E-state index contributed by atoms with van der Waals surface area (Å²) in [5.41, 5.74) is 3.47. The van der Waals surface area contributed by atoms with Crippen LogP contribution in [0.3, 0.4) is 0 Å². The zero-order chi connectivity index (χ0) is 15.1. The number of hydrogen-bond acceptors (Lipinski definition) is 2. The molecule has 21 heavy (non-hydrogen) atoms. The monoisotopic (exact) mass is 284 g/mol. The van der Waals surface area contributed by atoms with E-state index in [0.717, 1.165) is 24.0 Å². The minimum Gasteiger partial charge on any atom is -0.450 e. The van der Waals surface area contributed by atoms with Gasteiger partial charge in [0.15, 0.2) is 0 Å². The van der Waals surface area contributed by atoms with Gasteiger partial charge >= 0.3 is 6.16 Å². The molecule has 0 amide bonds. The summed E-state index contributed by atoms with van der Waals surface area (Å²) < 4.78 is 4.86. The molecule has 0 saturated heterocycles. The highest BCUT2D eigenvalue weighted by atomic mass is 16.7. The fourth-order valence-corrected chi connectivity index (χ4v) is 2.58. The fraction of sp³-hybridized carbons (Fsp3) is 0.278. The van der Waals surface area contributed by atoms with Crippen LogP contribution in [0.4, 0.5) is 4.79 Å². The largest absolute Gasteiger partial charge is 0.505 e. The second-order valence-corrected chi connectivity index (χ2v) is 4.99. The van der Waals surface area contributed by atoms with Crippen LogP contribution in [0.15, 0.2) is 54.6 Å². The first kappa shape index (κ1) is 15.1. The van der Waals surface area contributed by atoms with Crippen LogP contribution in [-0.4, -0.2) is 17.9 Å². The van der Waals surface area contributed by atoms with Crippen molar-refractivity contribution < 1.29 is 14.6 Å². The molecule has 0 spiro atoms. The Labute approximate surface area is 125 Å². The predicted molar refractivity (Wildman–Crippen MR) is 82.7 cm³/mol. The third-order valence-electron chi connectivity index (χ3n) is 3.53. The smallest absolute Gasteiger partial charge is 0.450 e. The Balaban J connectivity index is 2.37. The maximum absolute atomic E-state index is 10.8. The van der Waals surface area contributed by atoms with Crippen molar-refractivity contribution in [3.05, 3.63) is 71.3 Å². The van der Waals surface area contributed by atoms with Gasteiger partial charge in [0.05, 0.1) is 0 Å². The molecule has 0 aliphatic heterocycles. The first-order chi connectivity index (χ1) is 10.2. The molecule has 3 nitrogen and oxygen atoms in total. The molecule has 0 aliphatic carbocycles. The zero-order valence-electron chi connectivity index (χ0n) is 12.2. The minimum atomic E-state index is -1.23. The van der Waals surface area contributed by atoms with E-state index < -0.39 is 6.16 Å². The number of benzene rings is 2. The number of rotatable bonds is 6. The topological polar surface area (TPSA) is 46.5 Å². The van der Waals surface area contributed by atoms with Crippen LogP contribution in [0.5, 0.6) is 0 Å².